The Balaban J connectivity index is 2.59. The highest BCUT2D eigenvalue weighted by molar-refractivity contribution is 5.47. The Morgan fingerprint density at radius 2 is 2.07 bits per heavy atom. The Hall–Kier alpha value is -1.69. The molecular formula is C11H14N2O. The zero-order valence-corrected chi connectivity index (χ0v) is 8.20. The summed E-state index contributed by atoms with van der Waals surface area (Å²) in [6, 6.07) is 8.76. The summed E-state index contributed by atoms with van der Waals surface area (Å²) in [6.07, 6.45) is 1.81. The summed E-state index contributed by atoms with van der Waals surface area (Å²) in [5.74, 6) is 0.236. The van der Waals surface area contributed by atoms with Gasteiger partial charge in [-0.05, 0) is 30.7 Å². The van der Waals surface area contributed by atoms with Gasteiger partial charge in [-0.3, -0.25) is 0 Å². The third-order valence-electron chi connectivity index (χ3n) is 1.94. The second kappa shape index (κ2) is 5.13. The number of anilines is 1. The number of hydrogen-bond donors (Lipinski definition) is 2. The molecular weight excluding hydrogens is 176 g/mol. The zero-order valence-electron chi connectivity index (χ0n) is 8.20. The molecule has 74 valence electrons. The highest BCUT2D eigenvalue weighted by Crippen LogP contribution is 2.15. The highest BCUT2D eigenvalue weighted by atomic mass is 16.3. The number of nitrogens with zero attached hydrogens (tertiary/aromatic N) is 1. The molecule has 1 aromatic carbocycles. The Kier molecular flexibility index (Phi) is 3.81. The fraction of sp³-hybridized carbons (Fsp3) is 0.364. The van der Waals surface area contributed by atoms with Crippen LogP contribution < -0.4 is 5.32 Å². The van der Waals surface area contributed by atoms with E-state index in [1.807, 2.05) is 6.92 Å². The maximum atomic E-state index is 9.06. The molecule has 0 aliphatic rings. The van der Waals surface area contributed by atoms with Crippen LogP contribution in [0.5, 0.6) is 5.75 Å². The summed E-state index contributed by atoms with van der Waals surface area (Å²) < 4.78 is 0. The van der Waals surface area contributed by atoms with Gasteiger partial charge in [-0.25, -0.2) is 0 Å². The lowest BCUT2D eigenvalue weighted by Crippen LogP contribution is -2.16. The summed E-state index contributed by atoms with van der Waals surface area (Å²) in [5, 5.41) is 21.0. The van der Waals surface area contributed by atoms with Crippen LogP contribution in [0.1, 0.15) is 19.8 Å². The summed E-state index contributed by atoms with van der Waals surface area (Å²) in [7, 11) is 0. The van der Waals surface area contributed by atoms with E-state index in [0.717, 1.165) is 18.5 Å². The van der Waals surface area contributed by atoms with Crippen molar-refractivity contribution in [3.8, 4) is 11.8 Å². The largest absolute Gasteiger partial charge is 0.508 e. The standard InChI is InChI=1S/C11H14N2O/c1-2-3-10(8-12)13-9-4-6-11(14)7-5-9/h4-7,10,13-14H,2-3H2,1H3. The first-order chi connectivity index (χ1) is 6.76. The molecule has 2 N–H and O–H groups in total. The summed E-state index contributed by atoms with van der Waals surface area (Å²) in [6.45, 7) is 2.04. The van der Waals surface area contributed by atoms with E-state index in [1.165, 1.54) is 0 Å². The molecule has 3 nitrogen and oxygen atoms in total. The van der Waals surface area contributed by atoms with Crippen molar-refractivity contribution in [3.05, 3.63) is 24.3 Å². The van der Waals surface area contributed by atoms with Crippen molar-refractivity contribution < 1.29 is 5.11 Å². The average molecular weight is 190 g/mol. The molecule has 0 aliphatic heterocycles. The number of benzene rings is 1. The number of nitrogens with one attached hydrogen (secondary N) is 1. The van der Waals surface area contributed by atoms with Gasteiger partial charge in [0.2, 0.25) is 0 Å². The van der Waals surface area contributed by atoms with Crippen LogP contribution in [0.4, 0.5) is 5.69 Å². The van der Waals surface area contributed by atoms with Crippen LogP contribution in [-0.4, -0.2) is 11.1 Å². The molecule has 14 heavy (non-hydrogen) atoms. The monoisotopic (exact) mass is 190 g/mol. The van der Waals surface area contributed by atoms with Gasteiger partial charge in [-0.15, -0.1) is 0 Å². The van der Waals surface area contributed by atoms with Gasteiger partial charge in [-0.1, -0.05) is 13.3 Å². The highest BCUT2D eigenvalue weighted by Gasteiger charge is 2.04. The van der Waals surface area contributed by atoms with Crippen LogP contribution in [0.3, 0.4) is 0 Å². The van der Waals surface area contributed by atoms with Crippen molar-refractivity contribution in [1.82, 2.24) is 0 Å². The third kappa shape index (κ3) is 2.98. The Morgan fingerprint density at radius 3 is 2.57 bits per heavy atom. The van der Waals surface area contributed by atoms with Crippen molar-refractivity contribution in [3.63, 3.8) is 0 Å². The number of phenols is 1. The maximum Gasteiger partial charge on any atom is 0.115 e. The summed E-state index contributed by atoms with van der Waals surface area (Å²) in [4.78, 5) is 0. The lowest BCUT2D eigenvalue weighted by Gasteiger charge is -2.11. The van der Waals surface area contributed by atoms with Crippen molar-refractivity contribution in [2.75, 3.05) is 5.32 Å². The SMILES string of the molecule is CCCC(C#N)Nc1ccc(O)cc1. The predicted molar refractivity (Wildman–Crippen MR) is 56.0 cm³/mol. The van der Waals surface area contributed by atoms with Gasteiger partial charge in [0.1, 0.15) is 11.8 Å². The summed E-state index contributed by atoms with van der Waals surface area (Å²) >= 11 is 0. The molecule has 1 atom stereocenters. The summed E-state index contributed by atoms with van der Waals surface area (Å²) in [5.41, 5.74) is 0.864. The van der Waals surface area contributed by atoms with E-state index >= 15 is 0 Å². The molecule has 0 radical (unpaired) electrons. The molecule has 0 saturated carbocycles. The van der Waals surface area contributed by atoms with Crippen LogP contribution in [0.25, 0.3) is 0 Å². The van der Waals surface area contributed by atoms with E-state index in [0.29, 0.717) is 0 Å². The number of hydrogen-bond acceptors (Lipinski definition) is 3. The van der Waals surface area contributed by atoms with Crippen molar-refractivity contribution >= 4 is 5.69 Å². The first-order valence-electron chi connectivity index (χ1n) is 4.71. The number of nitriles is 1. The Labute approximate surface area is 84.0 Å². The minimum absolute atomic E-state index is 0.149. The minimum atomic E-state index is -0.149. The molecule has 1 unspecified atom stereocenters. The van der Waals surface area contributed by atoms with E-state index in [-0.39, 0.29) is 11.8 Å². The van der Waals surface area contributed by atoms with Gasteiger partial charge < -0.3 is 10.4 Å². The van der Waals surface area contributed by atoms with E-state index in [9.17, 15) is 0 Å². The molecule has 0 aromatic heterocycles. The molecule has 0 amide bonds. The van der Waals surface area contributed by atoms with Gasteiger partial charge >= 0.3 is 0 Å². The molecule has 0 saturated heterocycles. The predicted octanol–water partition coefficient (Wildman–Crippen LogP) is 2.50. The lowest BCUT2D eigenvalue weighted by atomic mass is 10.2. The molecule has 1 rings (SSSR count). The van der Waals surface area contributed by atoms with Crippen LogP contribution in [0, 0.1) is 11.3 Å². The van der Waals surface area contributed by atoms with Gasteiger partial charge in [-0.2, -0.15) is 5.26 Å². The normalized spacial score (nSPS) is 11.7. The van der Waals surface area contributed by atoms with Crippen molar-refractivity contribution in [2.45, 2.75) is 25.8 Å². The number of rotatable bonds is 4. The fourth-order valence-corrected chi connectivity index (χ4v) is 1.22. The van der Waals surface area contributed by atoms with Gasteiger partial charge in [0.15, 0.2) is 0 Å². The Bertz CT molecular complexity index is 313. The van der Waals surface area contributed by atoms with E-state index < -0.39 is 0 Å². The molecule has 0 bridgehead atoms. The van der Waals surface area contributed by atoms with Gasteiger partial charge in [0.25, 0.3) is 0 Å². The maximum absolute atomic E-state index is 9.06. The van der Waals surface area contributed by atoms with Crippen LogP contribution >= 0.6 is 0 Å². The van der Waals surface area contributed by atoms with E-state index in [2.05, 4.69) is 11.4 Å². The first-order valence-corrected chi connectivity index (χ1v) is 4.71. The van der Waals surface area contributed by atoms with Crippen LogP contribution in [0.15, 0.2) is 24.3 Å². The van der Waals surface area contributed by atoms with Crippen LogP contribution in [-0.2, 0) is 0 Å². The zero-order chi connectivity index (χ0) is 10.4. The molecule has 0 heterocycles. The molecule has 3 heteroatoms. The second-order valence-corrected chi connectivity index (χ2v) is 3.16. The first kappa shape index (κ1) is 10.4. The number of phenolic OH excluding ortho intramolecular Hbond substituents is 1. The lowest BCUT2D eigenvalue weighted by molar-refractivity contribution is 0.475. The van der Waals surface area contributed by atoms with Crippen molar-refractivity contribution in [1.29, 1.82) is 5.26 Å². The number of aromatic hydroxyl groups is 1. The van der Waals surface area contributed by atoms with Gasteiger partial charge in [0, 0.05) is 5.69 Å². The topological polar surface area (TPSA) is 56.0 Å². The Morgan fingerprint density at radius 1 is 1.43 bits per heavy atom. The molecule has 1 aromatic rings. The quantitative estimate of drug-likeness (QED) is 0.717. The smallest absolute Gasteiger partial charge is 0.115 e. The van der Waals surface area contributed by atoms with E-state index in [4.69, 9.17) is 10.4 Å². The second-order valence-electron chi connectivity index (χ2n) is 3.16. The van der Waals surface area contributed by atoms with E-state index in [1.54, 1.807) is 24.3 Å². The van der Waals surface area contributed by atoms with Crippen LogP contribution in [0.2, 0.25) is 0 Å². The third-order valence-corrected chi connectivity index (χ3v) is 1.94. The van der Waals surface area contributed by atoms with Crippen molar-refractivity contribution in [2.24, 2.45) is 0 Å². The fourth-order valence-electron chi connectivity index (χ4n) is 1.22. The van der Waals surface area contributed by atoms with Gasteiger partial charge in [0.05, 0.1) is 6.07 Å². The molecule has 0 aliphatic carbocycles. The molecule has 0 fully saturated rings. The minimum Gasteiger partial charge on any atom is -0.508 e. The molecule has 0 spiro atoms. The average Bonchev–Trinajstić information content (AvgIpc) is 2.20.